The van der Waals surface area contributed by atoms with E-state index >= 15 is 0 Å². The number of benzene rings is 2. The average molecular weight is 339 g/mol. The maximum absolute atomic E-state index is 12.6. The zero-order valence-corrected chi connectivity index (χ0v) is 14.5. The third kappa shape index (κ3) is 3.80. The van der Waals surface area contributed by atoms with Gasteiger partial charge in [-0.25, -0.2) is 0 Å². The molecule has 0 radical (unpaired) electrons. The first-order chi connectivity index (χ1) is 12.1. The van der Waals surface area contributed by atoms with E-state index < -0.39 is 17.4 Å². The van der Waals surface area contributed by atoms with Crippen LogP contribution in [0, 0.1) is 16.7 Å². The molecule has 0 fully saturated rings. The zero-order chi connectivity index (χ0) is 18.3. The van der Waals surface area contributed by atoms with E-state index in [0.29, 0.717) is 0 Å². The van der Waals surface area contributed by atoms with Gasteiger partial charge in [-0.15, -0.1) is 0 Å². The van der Waals surface area contributed by atoms with Crippen LogP contribution >= 0.6 is 0 Å². The first kappa shape index (κ1) is 18.5. The molecule has 0 saturated carbocycles. The molecule has 5 heteroatoms. The van der Waals surface area contributed by atoms with Crippen molar-refractivity contribution < 1.29 is 19.1 Å². The molecule has 2 aromatic rings. The molecule has 130 valence electrons. The van der Waals surface area contributed by atoms with Crippen molar-refractivity contribution >= 4 is 22.7 Å². The van der Waals surface area contributed by atoms with Crippen molar-refractivity contribution in [2.24, 2.45) is 5.41 Å². The van der Waals surface area contributed by atoms with Crippen LogP contribution in [0.4, 0.5) is 0 Å². The highest BCUT2D eigenvalue weighted by Crippen LogP contribution is 2.33. The molecular formula is C20H21NO4. The van der Waals surface area contributed by atoms with Gasteiger partial charge in [0, 0.05) is 6.42 Å². The van der Waals surface area contributed by atoms with Crippen LogP contribution in [0.1, 0.15) is 25.8 Å². The Morgan fingerprint density at radius 2 is 1.60 bits per heavy atom. The standard InChI is InChI=1S/C20H21NO4/c1-3-24-18(22)20(12-13-21,19(23)25-4-2)14-16-10-7-9-15-8-5-6-11-17(15)16/h5-11H,3-4,12,14H2,1-2H3. The van der Waals surface area contributed by atoms with E-state index in [1.807, 2.05) is 48.5 Å². The molecular weight excluding hydrogens is 318 g/mol. The molecule has 0 N–H and O–H groups in total. The summed E-state index contributed by atoms with van der Waals surface area (Å²) in [7, 11) is 0. The van der Waals surface area contributed by atoms with E-state index in [1.54, 1.807) is 13.8 Å². The van der Waals surface area contributed by atoms with Crippen molar-refractivity contribution in [1.82, 2.24) is 0 Å². The van der Waals surface area contributed by atoms with E-state index in [1.165, 1.54) is 0 Å². The molecule has 0 aliphatic heterocycles. The average Bonchev–Trinajstić information content (AvgIpc) is 2.62. The predicted octanol–water partition coefficient (Wildman–Crippen LogP) is 3.41. The van der Waals surface area contributed by atoms with Crippen LogP contribution in [0.25, 0.3) is 10.8 Å². The first-order valence-corrected chi connectivity index (χ1v) is 8.27. The van der Waals surface area contributed by atoms with Gasteiger partial charge < -0.3 is 9.47 Å². The minimum Gasteiger partial charge on any atom is -0.465 e. The smallest absolute Gasteiger partial charge is 0.324 e. The summed E-state index contributed by atoms with van der Waals surface area (Å²) < 4.78 is 10.2. The second-order valence-electron chi connectivity index (χ2n) is 5.67. The monoisotopic (exact) mass is 339 g/mol. The topological polar surface area (TPSA) is 76.4 Å². The van der Waals surface area contributed by atoms with Gasteiger partial charge in [-0.05, 0) is 30.2 Å². The summed E-state index contributed by atoms with van der Waals surface area (Å²) in [6.07, 6.45) is -0.243. The molecule has 2 aromatic carbocycles. The van der Waals surface area contributed by atoms with Crippen LogP contribution in [0.2, 0.25) is 0 Å². The van der Waals surface area contributed by atoms with Crippen LogP contribution in [0.3, 0.4) is 0 Å². The largest absolute Gasteiger partial charge is 0.465 e. The van der Waals surface area contributed by atoms with Gasteiger partial charge >= 0.3 is 11.9 Å². The third-order valence-electron chi connectivity index (χ3n) is 4.09. The molecule has 0 aliphatic rings. The number of hydrogen-bond donors (Lipinski definition) is 0. The first-order valence-electron chi connectivity index (χ1n) is 8.27. The molecule has 0 unspecified atom stereocenters. The zero-order valence-electron chi connectivity index (χ0n) is 14.5. The Bertz CT molecular complexity index is 783. The lowest BCUT2D eigenvalue weighted by atomic mass is 9.78. The molecule has 0 bridgehead atoms. The number of rotatable bonds is 7. The Hall–Kier alpha value is -2.87. The van der Waals surface area contributed by atoms with Crippen LogP contribution in [-0.4, -0.2) is 25.2 Å². The van der Waals surface area contributed by atoms with Gasteiger partial charge in [0.2, 0.25) is 0 Å². The summed E-state index contributed by atoms with van der Waals surface area (Å²) in [6.45, 7) is 3.58. The van der Waals surface area contributed by atoms with E-state index in [2.05, 4.69) is 0 Å². The molecule has 0 spiro atoms. The number of nitrogens with zero attached hydrogens (tertiary/aromatic N) is 1. The lowest BCUT2D eigenvalue weighted by molar-refractivity contribution is -0.171. The Kier molecular flexibility index (Phi) is 6.13. The maximum Gasteiger partial charge on any atom is 0.324 e. The van der Waals surface area contributed by atoms with Crippen molar-refractivity contribution in [3.63, 3.8) is 0 Å². The SMILES string of the molecule is CCOC(=O)C(CC#N)(Cc1cccc2ccccc12)C(=O)OCC. The second kappa shape index (κ2) is 8.29. The van der Waals surface area contributed by atoms with E-state index in [4.69, 9.17) is 9.47 Å². The van der Waals surface area contributed by atoms with Crippen molar-refractivity contribution in [3.05, 3.63) is 48.0 Å². The lowest BCUT2D eigenvalue weighted by Gasteiger charge is -2.27. The molecule has 0 aromatic heterocycles. The van der Waals surface area contributed by atoms with Gasteiger partial charge in [0.25, 0.3) is 0 Å². The maximum atomic E-state index is 12.6. The fourth-order valence-electron chi connectivity index (χ4n) is 2.88. The number of carbonyl (C=O) groups is 2. The molecule has 0 saturated heterocycles. The number of hydrogen-bond acceptors (Lipinski definition) is 5. The molecule has 0 atom stereocenters. The van der Waals surface area contributed by atoms with Crippen LogP contribution < -0.4 is 0 Å². The minimum atomic E-state index is -1.66. The van der Waals surface area contributed by atoms with Crippen molar-refractivity contribution in [1.29, 1.82) is 5.26 Å². The highest BCUT2D eigenvalue weighted by molar-refractivity contribution is 6.01. The number of nitriles is 1. The highest BCUT2D eigenvalue weighted by Gasteiger charge is 2.49. The van der Waals surface area contributed by atoms with Gasteiger partial charge in [0.05, 0.1) is 25.7 Å². The Labute approximate surface area is 147 Å². The van der Waals surface area contributed by atoms with E-state index in [0.717, 1.165) is 16.3 Å². The summed E-state index contributed by atoms with van der Waals surface area (Å²) in [5.74, 6) is -1.44. The van der Waals surface area contributed by atoms with Crippen molar-refractivity contribution in [2.75, 3.05) is 13.2 Å². The highest BCUT2D eigenvalue weighted by atomic mass is 16.6. The quantitative estimate of drug-likeness (QED) is 0.571. The van der Waals surface area contributed by atoms with Crippen molar-refractivity contribution in [2.45, 2.75) is 26.7 Å². The predicted molar refractivity (Wildman–Crippen MR) is 93.6 cm³/mol. The Morgan fingerprint density at radius 3 is 2.20 bits per heavy atom. The molecule has 0 heterocycles. The Balaban J connectivity index is 2.55. The van der Waals surface area contributed by atoms with Crippen LogP contribution in [-0.2, 0) is 25.5 Å². The fraction of sp³-hybridized carbons (Fsp3) is 0.350. The third-order valence-corrected chi connectivity index (χ3v) is 4.09. The molecule has 0 amide bonds. The molecule has 0 aliphatic carbocycles. The lowest BCUT2D eigenvalue weighted by Crippen LogP contribution is -2.44. The summed E-state index contributed by atoms with van der Waals surface area (Å²) >= 11 is 0. The second-order valence-corrected chi connectivity index (χ2v) is 5.67. The molecule has 2 rings (SSSR count). The summed E-state index contributed by atoms with van der Waals surface area (Å²) in [6, 6.07) is 15.3. The number of fused-ring (bicyclic) bond motifs is 1. The summed E-state index contributed by atoms with van der Waals surface area (Å²) in [5.41, 5.74) is -0.861. The minimum absolute atomic E-state index is 0.0551. The number of carbonyl (C=O) groups excluding carboxylic acids is 2. The van der Waals surface area contributed by atoms with E-state index in [9.17, 15) is 14.9 Å². The van der Waals surface area contributed by atoms with Gasteiger partial charge in [-0.1, -0.05) is 42.5 Å². The van der Waals surface area contributed by atoms with Crippen molar-refractivity contribution in [3.8, 4) is 6.07 Å². The normalized spacial score (nSPS) is 10.9. The fourth-order valence-corrected chi connectivity index (χ4v) is 2.88. The molecule has 25 heavy (non-hydrogen) atoms. The molecule has 5 nitrogen and oxygen atoms in total. The van der Waals surface area contributed by atoms with Gasteiger partial charge in [-0.3, -0.25) is 9.59 Å². The summed E-state index contributed by atoms with van der Waals surface area (Å²) in [5, 5.41) is 11.2. The van der Waals surface area contributed by atoms with Gasteiger partial charge in [-0.2, -0.15) is 5.26 Å². The van der Waals surface area contributed by atoms with E-state index in [-0.39, 0.29) is 26.1 Å². The number of ether oxygens (including phenoxy) is 2. The van der Waals surface area contributed by atoms with Crippen LogP contribution in [0.5, 0.6) is 0 Å². The summed E-state index contributed by atoms with van der Waals surface area (Å²) in [4.78, 5) is 25.3. The van der Waals surface area contributed by atoms with Gasteiger partial charge in [0.15, 0.2) is 5.41 Å². The van der Waals surface area contributed by atoms with Crippen LogP contribution in [0.15, 0.2) is 42.5 Å². The Morgan fingerprint density at radius 1 is 1.00 bits per heavy atom. The number of esters is 2. The van der Waals surface area contributed by atoms with Gasteiger partial charge in [0.1, 0.15) is 0 Å².